The summed E-state index contributed by atoms with van der Waals surface area (Å²) in [6.07, 6.45) is 5.28. The molecular formula is C26H42N2O6S. The number of benzene rings is 1. The minimum atomic E-state index is -1.16. The van der Waals surface area contributed by atoms with E-state index in [0.717, 1.165) is 44.0 Å². The van der Waals surface area contributed by atoms with Gasteiger partial charge < -0.3 is 24.8 Å². The highest BCUT2D eigenvalue weighted by Gasteiger charge is 2.33. The molecule has 8 nitrogen and oxygen atoms in total. The van der Waals surface area contributed by atoms with E-state index in [1.807, 2.05) is 12.1 Å². The van der Waals surface area contributed by atoms with Crippen LogP contribution in [-0.4, -0.2) is 61.1 Å². The van der Waals surface area contributed by atoms with Gasteiger partial charge in [0.2, 0.25) is 0 Å². The first kappa shape index (κ1) is 32.5. The fourth-order valence-corrected chi connectivity index (χ4v) is 4.33. The molecule has 35 heavy (non-hydrogen) atoms. The summed E-state index contributed by atoms with van der Waals surface area (Å²) in [4.78, 5) is 38.6. The SMILES string of the molecule is C.CCC1(c2cccc(OC(=O)/C=C(\OC)C(=O)N[C@H](C(=O)O)C(C)C)c2)CCCCN(C)C1.S. The number of rotatable bonds is 9. The molecule has 1 amide bonds. The maximum atomic E-state index is 12.5. The zero-order valence-electron chi connectivity index (χ0n) is 20.7. The number of carbonyl (C=O) groups is 3. The molecule has 1 saturated heterocycles. The van der Waals surface area contributed by atoms with Crippen molar-refractivity contribution >= 4 is 31.3 Å². The first-order chi connectivity index (χ1) is 15.6. The number of hydrogen-bond donors (Lipinski definition) is 2. The lowest BCUT2D eigenvalue weighted by Gasteiger charge is -2.35. The minimum absolute atomic E-state index is 0. The number of carbonyl (C=O) groups excluding carboxylic acids is 2. The van der Waals surface area contributed by atoms with Gasteiger partial charge in [-0.2, -0.15) is 13.5 Å². The van der Waals surface area contributed by atoms with Crippen LogP contribution in [0.1, 0.15) is 59.4 Å². The topological polar surface area (TPSA) is 105 Å². The maximum Gasteiger partial charge on any atom is 0.340 e. The van der Waals surface area contributed by atoms with Gasteiger partial charge in [0, 0.05) is 12.0 Å². The fourth-order valence-electron chi connectivity index (χ4n) is 4.33. The fraction of sp³-hybridized carbons (Fsp3) is 0.577. The summed E-state index contributed by atoms with van der Waals surface area (Å²) >= 11 is 0. The second-order valence-corrected chi connectivity index (χ2v) is 9.02. The second-order valence-electron chi connectivity index (χ2n) is 9.02. The van der Waals surface area contributed by atoms with E-state index < -0.39 is 23.9 Å². The summed E-state index contributed by atoms with van der Waals surface area (Å²) in [5.41, 5.74) is 1.11. The minimum Gasteiger partial charge on any atom is -0.491 e. The molecule has 1 aromatic rings. The number of carboxylic acids is 1. The Hall–Kier alpha value is -2.52. The normalized spacial score (nSPS) is 19.4. The molecule has 0 bridgehead atoms. The summed E-state index contributed by atoms with van der Waals surface area (Å²) in [6.45, 7) is 7.54. The molecule has 1 fully saturated rings. The Balaban J connectivity index is 0.00000578. The molecule has 0 spiro atoms. The van der Waals surface area contributed by atoms with E-state index >= 15 is 0 Å². The van der Waals surface area contributed by atoms with Gasteiger partial charge in [0.15, 0.2) is 5.76 Å². The number of ether oxygens (including phenoxy) is 2. The Labute approximate surface area is 216 Å². The number of aliphatic carboxylic acids is 1. The van der Waals surface area contributed by atoms with E-state index in [1.165, 1.54) is 13.5 Å². The van der Waals surface area contributed by atoms with Crippen LogP contribution in [0.25, 0.3) is 0 Å². The van der Waals surface area contributed by atoms with Gasteiger partial charge in [0.25, 0.3) is 5.91 Å². The molecule has 2 rings (SSSR count). The average Bonchev–Trinajstić information content (AvgIpc) is 2.97. The zero-order valence-corrected chi connectivity index (χ0v) is 21.7. The van der Waals surface area contributed by atoms with Crippen molar-refractivity contribution in [2.75, 3.05) is 27.2 Å². The van der Waals surface area contributed by atoms with Crippen molar-refractivity contribution in [3.8, 4) is 5.75 Å². The van der Waals surface area contributed by atoms with Crippen molar-refractivity contribution in [1.29, 1.82) is 0 Å². The number of nitrogens with one attached hydrogen (secondary N) is 1. The quantitative estimate of drug-likeness (QED) is 0.225. The lowest BCUT2D eigenvalue weighted by Crippen LogP contribution is -2.45. The summed E-state index contributed by atoms with van der Waals surface area (Å²) in [7, 11) is 3.37. The molecule has 1 aliphatic rings. The lowest BCUT2D eigenvalue weighted by atomic mass is 9.74. The summed E-state index contributed by atoms with van der Waals surface area (Å²) in [5.74, 6) is -3.02. The summed E-state index contributed by atoms with van der Waals surface area (Å²) in [5, 5.41) is 11.6. The van der Waals surface area contributed by atoms with Gasteiger partial charge in [-0.1, -0.05) is 46.8 Å². The van der Waals surface area contributed by atoms with Gasteiger partial charge >= 0.3 is 11.9 Å². The van der Waals surface area contributed by atoms with Crippen molar-refractivity contribution in [3.63, 3.8) is 0 Å². The monoisotopic (exact) mass is 510 g/mol. The second kappa shape index (κ2) is 14.8. The predicted octanol–water partition coefficient (Wildman–Crippen LogP) is 3.86. The van der Waals surface area contributed by atoms with Crippen LogP contribution in [0.3, 0.4) is 0 Å². The molecule has 1 unspecified atom stereocenters. The highest BCUT2D eigenvalue weighted by Crippen LogP contribution is 2.37. The smallest absolute Gasteiger partial charge is 0.340 e. The molecule has 1 heterocycles. The van der Waals surface area contributed by atoms with Crippen LogP contribution in [0.5, 0.6) is 5.75 Å². The standard InChI is InChI=1S/C25H36N2O6.CH4.H2S/c1-6-25(12-7-8-13-27(4)16-25)18-10-9-11-19(14-18)33-21(28)15-20(32-5)23(29)26-22(17(2)3)24(30)31;;/h9-11,14-15,17,22H,6-8,12-13,16H2,1-5H3,(H,26,29)(H,30,31);1H4;1H2/b20-15-;;/t22-,25?;;/m0../s1. The summed E-state index contributed by atoms with van der Waals surface area (Å²) in [6, 6.07) is 6.42. The maximum absolute atomic E-state index is 12.5. The van der Waals surface area contributed by atoms with Crippen LogP contribution in [0, 0.1) is 5.92 Å². The number of amides is 1. The summed E-state index contributed by atoms with van der Waals surface area (Å²) < 4.78 is 10.5. The van der Waals surface area contributed by atoms with Crippen molar-refractivity contribution in [2.45, 2.75) is 65.3 Å². The van der Waals surface area contributed by atoms with E-state index in [-0.39, 0.29) is 38.0 Å². The lowest BCUT2D eigenvalue weighted by molar-refractivity contribution is -0.142. The highest BCUT2D eigenvalue weighted by molar-refractivity contribution is 7.59. The Kier molecular flexibility index (Phi) is 13.7. The van der Waals surface area contributed by atoms with Crippen LogP contribution in [0.15, 0.2) is 36.1 Å². The molecule has 9 heteroatoms. The molecule has 0 saturated carbocycles. The number of esters is 1. The number of nitrogens with zero attached hydrogens (tertiary/aromatic N) is 1. The van der Waals surface area contributed by atoms with E-state index in [9.17, 15) is 19.5 Å². The Morgan fingerprint density at radius 2 is 1.94 bits per heavy atom. The van der Waals surface area contributed by atoms with Gasteiger partial charge in [-0.3, -0.25) is 4.79 Å². The van der Waals surface area contributed by atoms with E-state index in [2.05, 4.69) is 30.3 Å². The van der Waals surface area contributed by atoms with Crippen molar-refractivity contribution in [3.05, 3.63) is 41.7 Å². The molecule has 2 atom stereocenters. The molecule has 1 aliphatic heterocycles. The number of likely N-dealkylation sites (N-methyl/N-ethyl adjacent to an activating group) is 1. The largest absolute Gasteiger partial charge is 0.491 e. The molecule has 198 valence electrons. The van der Waals surface area contributed by atoms with E-state index in [1.54, 1.807) is 19.9 Å². The number of hydrogen-bond acceptors (Lipinski definition) is 6. The third kappa shape index (κ3) is 8.89. The van der Waals surface area contributed by atoms with Crippen LogP contribution in [-0.2, 0) is 24.5 Å². The van der Waals surface area contributed by atoms with Crippen LogP contribution in [0.2, 0.25) is 0 Å². The third-order valence-corrected chi connectivity index (χ3v) is 6.27. The van der Waals surface area contributed by atoms with Gasteiger partial charge in [0.05, 0.1) is 13.2 Å². The van der Waals surface area contributed by atoms with Crippen molar-refractivity contribution < 1.29 is 29.0 Å². The number of likely N-dealkylation sites (tertiary alicyclic amines) is 1. The number of methoxy groups -OCH3 is 1. The Bertz CT molecular complexity index is 888. The van der Waals surface area contributed by atoms with E-state index in [0.29, 0.717) is 5.75 Å². The van der Waals surface area contributed by atoms with Crippen molar-refractivity contribution in [1.82, 2.24) is 10.2 Å². The molecule has 0 radical (unpaired) electrons. The Morgan fingerprint density at radius 1 is 1.26 bits per heavy atom. The molecular weight excluding hydrogens is 468 g/mol. The van der Waals surface area contributed by atoms with Gasteiger partial charge in [-0.25, -0.2) is 9.59 Å². The first-order valence-corrected chi connectivity index (χ1v) is 11.4. The average molecular weight is 511 g/mol. The first-order valence-electron chi connectivity index (χ1n) is 11.4. The highest BCUT2D eigenvalue weighted by atomic mass is 32.1. The predicted molar refractivity (Wildman–Crippen MR) is 142 cm³/mol. The molecule has 0 aliphatic carbocycles. The van der Waals surface area contributed by atoms with Gasteiger partial charge in [-0.05, 0) is 56.5 Å². The van der Waals surface area contributed by atoms with Crippen LogP contribution >= 0.6 is 13.5 Å². The van der Waals surface area contributed by atoms with Crippen molar-refractivity contribution in [2.24, 2.45) is 5.92 Å². The molecule has 1 aromatic carbocycles. The van der Waals surface area contributed by atoms with Crippen LogP contribution in [0.4, 0.5) is 0 Å². The zero-order chi connectivity index (χ0) is 24.6. The molecule has 2 N–H and O–H groups in total. The van der Waals surface area contributed by atoms with Crippen LogP contribution < -0.4 is 10.1 Å². The molecule has 0 aromatic heterocycles. The van der Waals surface area contributed by atoms with E-state index in [4.69, 9.17) is 9.47 Å². The van der Waals surface area contributed by atoms with Gasteiger partial charge in [0.1, 0.15) is 11.8 Å². The Morgan fingerprint density at radius 3 is 2.51 bits per heavy atom. The number of carboxylic acid groups (broad SMARTS) is 1. The third-order valence-electron chi connectivity index (χ3n) is 6.27. The van der Waals surface area contributed by atoms with Gasteiger partial charge in [-0.15, -0.1) is 0 Å².